The van der Waals surface area contributed by atoms with Crippen molar-refractivity contribution in [2.45, 2.75) is 19.6 Å². The summed E-state index contributed by atoms with van der Waals surface area (Å²) in [6.45, 7) is 0. The molecule has 12 rings (SSSR count). The Morgan fingerprint density at radius 2 is 0.427 bits per heavy atom. The predicted octanol–water partition coefficient (Wildman–Crippen LogP) is 12.6. The van der Waals surface area contributed by atoms with Gasteiger partial charge in [0.1, 0.15) is 46.0 Å². The number of hydrogen-bond donors (Lipinski definition) is 0. The second kappa shape index (κ2) is 23.6. The molecule has 8 amide bonds. The molecule has 18 heteroatoms. The number of ether oxygens (including phenoxy) is 4. The van der Waals surface area contributed by atoms with Gasteiger partial charge in [-0.3, -0.25) is 38.4 Å². The summed E-state index contributed by atoms with van der Waals surface area (Å²) in [4.78, 5) is 104. The zero-order chi connectivity index (χ0) is 56.7. The van der Waals surface area contributed by atoms with Crippen LogP contribution in [0.1, 0.15) is 0 Å². The minimum absolute atomic E-state index is 0.362. The van der Waals surface area contributed by atoms with Crippen LogP contribution >= 0.6 is 23.5 Å². The van der Waals surface area contributed by atoms with Gasteiger partial charge in [0.05, 0.1) is 22.7 Å². The highest BCUT2D eigenvalue weighted by Crippen LogP contribution is 2.36. The molecular formula is C64H40N4O12S2. The normalized spacial score (nSPS) is 14.3. The van der Waals surface area contributed by atoms with E-state index in [1.807, 2.05) is 97.1 Å². The van der Waals surface area contributed by atoms with Gasteiger partial charge in [-0.25, -0.2) is 19.6 Å². The van der Waals surface area contributed by atoms with Crippen LogP contribution in [0.5, 0.6) is 46.0 Å². The number of anilines is 4. The first-order valence-corrected chi connectivity index (χ1v) is 26.6. The minimum Gasteiger partial charge on any atom is -0.457 e. The highest BCUT2D eigenvalue weighted by molar-refractivity contribution is 7.99. The summed E-state index contributed by atoms with van der Waals surface area (Å²) < 4.78 is 23.7. The third-order valence-electron chi connectivity index (χ3n) is 12.3. The third kappa shape index (κ3) is 12.4. The summed E-state index contributed by atoms with van der Waals surface area (Å²) in [5.41, 5.74) is 1.88. The molecule has 4 aliphatic heterocycles. The zero-order valence-corrected chi connectivity index (χ0v) is 44.2. The van der Waals surface area contributed by atoms with Crippen LogP contribution in [0.4, 0.5) is 22.7 Å². The van der Waals surface area contributed by atoms with Crippen molar-refractivity contribution in [3.8, 4) is 46.0 Å². The number of amides is 8. The van der Waals surface area contributed by atoms with Crippen molar-refractivity contribution in [3.05, 3.63) is 243 Å². The molecule has 0 atom stereocenters. The Morgan fingerprint density at radius 1 is 0.220 bits per heavy atom. The first-order chi connectivity index (χ1) is 39.8. The van der Waals surface area contributed by atoms with Crippen molar-refractivity contribution in [3.63, 3.8) is 0 Å². The fraction of sp³-hybridized carbons (Fsp3) is 0. The van der Waals surface area contributed by atoms with E-state index in [9.17, 15) is 38.4 Å². The van der Waals surface area contributed by atoms with Gasteiger partial charge in [-0.1, -0.05) is 35.7 Å². The monoisotopic (exact) mass is 1120 g/mol. The second-order valence-corrected chi connectivity index (χ2v) is 20.2. The van der Waals surface area contributed by atoms with E-state index in [-0.39, 0.29) is 47.3 Å². The van der Waals surface area contributed by atoms with Crippen LogP contribution in [-0.2, 0) is 38.4 Å². The van der Waals surface area contributed by atoms with Crippen LogP contribution in [0.2, 0.25) is 0 Å². The standard InChI is InChI=1S/2C32H20N2O6S/c35-29-17-18-30(36)33(29)21-1-5-23(6-2-21)39-25-9-13-27(14-10-25)41-28-15-11-26(12-16-28)40-24-7-3-22(4-8-24)34-31(37)19-20-32(34)38;35-29-15-16-30(36)33(29)21-3-1-5-25(19-21)39-23-7-11-27(12-8-23)41-28-13-9-24(10-14-28)40-26-6-2-4-22(20-26)34-31(37)17-18-32(34)38/h2*1-20H. The summed E-state index contributed by atoms with van der Waals surface area (Å²) in [7, 11) is 0. The minimum atomic E-state index is -0.381. The molecule has 0 saturated heterocycles. The lowest BCUT2D eigenvalue weighted by molar-refractivity contribution is -0.121. The molecule has 8 aromatic rings. The molecule has 0 saturated carbocycles. The first-order valence-electron chi connectivity index (χ1n) is 25.0. The smallest absolute Gasteiger partial charge is 0.258 e. The number of carbonyl (C=O) groups is 8. The summed E-state index contributed by atoms with van der Waals surface area (Å²) in [6.07, 6.45) is 9.97. The lowest BCUT2D eigenvalue weighted by Crippen LogP contribution is -2.29. The molecule has 4 heterocycles. The molecule has 4 aliphatic rings. The van der Waals surface area contributed by atoms with Gasteiger partial charge in [-0.05, 0) is 170 Å². The van der Waals surface area contributed by atoms with E-state index >= 15 is 0 Å². The van der Waals surface area contributed by atoms with E-state index in [4.69, 9.17) is 18.9 Å². The van der Waals surface area contributed by atoms with Crippen LogP contribution in [0.3, 0.4) is 0 Å². The van der Waals surface area contributed by atoms with Gasteiger partial charge in [0.2, 0.25) is 0 Å². The molecule has 0 fully saturated rings. The highest BCUT2D eigenvalue weighted by atomic mass is 32.2. The molecule has 0 aliphatic carbocycles. The van der Waals surface area contributed by atoms with E-state index in [2.05, 4.69) is 0 Å². The average molecular weight is 1120 g/mol. The zero-order valence-electron chi connectivity index (χ0n) is 42.6. The summed E-state index contributed by atoms with van der Waals surface area (Å²) in [6, 6.07) is 57.6. The van der Waals surface area contributed by atoms with Crippen molar-refractivity contribution in [1.29, 1.82) is 0 Å². The lowest BCUT2D eigenvalue weighted by atomic mass is 10.2. The number of imide groups is 4. The fourth-order valence-electron chi connectivity index (χ4n) is 8.44. The maximum Gasteiger partial charge on any atom is 0.258 e. The fourth-order valence-corrected chi connectivity index (χ4v) is 10.1. The third-order valence-corrected chi connectivity index (χ3v) is 14.3. The number of benzene rings is 8. The Hall–Kier alpha value is -10.8. The van der Waals surface area contributed by atoms with E-state index in [0.29, 0.717) is 68.7 Å². The van der Waals surface area contributed by atoms with Gasteiger partial charge in [-0.2, -0.15) is 0 Å². The quantitative estimate of drug-likeness (QED) is 0.0832. The summed E-state index contributed by atoms with van der Waals surface area (Å²) in [5.74, 6) is 1.74. The Bertz CT molecular complexity index is 3650. The molecule has 0 N–H and O–H groups in total. The van der Waals surface area contributed by atoms with Gasteiger partial charge in [0.25, 0.3) is 47.3 Å². The molecule has 0 spiro atoms. The Morgan fingerprint density at radius 3 is 0.671 bits per heavy atom. The molecule has 82 heavy (non-hydrogen) atoms. The molecule has 0 unspecified atom stereocenters. The Balaban J connectivity index is 0.000000172. The van der Waals surface area contributed by atoms with Crippen molar-refractivity contribution < 1.29 is 57.3 Å². The van der Waals surface area contributed by atoms with Crippen molar-refractivity contribution in [2.75, 3.05) is 19.6 Å². The molecule has 0 aromatic heterocycles. The molecule has 8 aromatic carbocycles. The molecule has 16 nitrogen and oxygen atoms in total. The predicted molar refractivity (Wildman–Crippen MR) is 307 cm³/mol. The number of hydrogen-bond acceptors (Lipinski definition) is 14. The SMILES string of the molecule is O=C1C=CC(=O)N1c1ccc(Oc2ccc(Sc3ccc(Oc4ccc(N5C(=O)C=CC5=O)cc4)cc3)cc2)cc1.O=C1C=CC(=O)N1c1cccc(Oc2ccc(Sc3ccc(Oc4cccc(N5C(=O)C=CC5=O)c4)cc3)cc2)c1. The van der Waals surface area contributed by atoms with E-state index in [0.717, 1.165) is 39.2 Å². The Labute approximate surface area is 476 Å². The van der Waals surface area contributed by atoms with Gasteiger partial charge in [0.15, 0.2) is 0 Å². The average Bonchev–Trinajstić information content (AvgIpc) is 4.44. The van der Waals surface area contributed by atoms with Gasteiger partial charge >= 0.3 is 0 Å². The van der Waals surface area contributed by atoms with Crippen LogP contribution in [0.15, 0.2) is 262 Å². The summed E-state index contributed by atoms with van der Waals surface area (Å²) >= 11 is 3.16. The molecular weight excluding hydrogens is 1080 g/mol. The first kappa shape index (κ1) is 53.2. The second-order valence-electron chi connectivity index (χ2n) is 17.9. The van der Waals surface area contributed by atoms with E-state index < -0.39 is 0 Å². The van der Waals surface area contributed by atoms with Crippen molar-refractivity contribution in [2.24, 2.45) is 0 Å². The number of rotatable bonds is 16. The maximum atomic E-state index is 12.0. The van der Waals surface area contributed by atoms with Crippen LogP contribution in [0, 0.1) is 0 Å². The van der Waals surface area contributed by atoms with Crippen molar-refractivity contribution >= 4 is 93.5 Å². The molecule has 0 radical (unpaired) electrons. The Kier molecular flexibility index (Phi) is 15.3. The van der Waals surface area contributed by atoms with Crippen LogP contribution < -0.4 is 38.5 Å². The van der Waals surface area contributed by atoms with E-state index in [1.54, 1.807) is 121 Å². The molecule has 400 valence electrons. The topological polar surface area (TPSA) is 186 Å². The number of carbonyl (C=O) groups excluding carboxylic acids is 8. The van der Waals surface area contributed by atoms with Gasteiger partial charge in [-0.15, -0.1) is 0 Å². The molecule has 0 bridgehead atoms. The van der Waals surface area contributed by atoms with E-state index in [1.165, 1.54) is 48.6 Å². The number of nitrogens with zero attached hydrogens (tertiary/aromatic N) is 4. The lowest BCUT2D eigenvalue weighted by Gasteiger charge is -2.15. The van der Waals surface area contributed by atoms with Crippen LogP contribution in [-0.4, -0.2) is 47.3 Å². The van der Waals surface area contributed by atoms with Gasteiger partial charge in [0, 0.05) is 80.3 Å². The largest absolute Gasteiger partial charge is 0.457 e. The van der Waals surface area contributed by atoms with Gasteiger partial charge < -0.3 is 18.9 Å². The maximum absolute atomic E-state index is 12.0. The van der Waals surface area contributed by atoms with Crippen LogP contribution in [0.25, 0.3) is 0 Å². The highest BCUT2D eigenvalue weighted by Gasteiger charge is 2.28. The summed E-state index contributed by atoms with van der Waals surface area (Å²) in [5, 5.41) is 0. The van der Waals surface area contributed by atoms with Crippen molar-refractivity contribution in [1.82, 2.24) is 0 Å².